The smallest absolute Gasteiger partial charge is 0.255 e. The summed E-state index contributed by atoms with van der Waals surface area (Å²) in [5.74, 6) is -0.414. The summed E-state index contributed by atoms with van der Waals surface area (Å²) >= 11 is 0. The van der Waals surface area contributed by atoms with Crippen molar-refractivity contribution in [3.63, 3.8) is 0 Å². The van der Waals surface area contributed by atoms with Gasteiger partial charge >= 0.3 is 0 Å². The molecule has 1 N–H and O–H groups in total. The molecule has 26 heavy (non-hydrogen) atoms. The molecule has 1 aromatic heterocycles. The van der Waals surface area contributed by atoms with Crippen LogP contribution in [-0.4, -0.2) is 40.8 Å². The van der Waals surface area contributed by atoms with Crippen molar-refractivity contribution in [1.29, 1.82) is 0 Å². The van der Waals surface area contributed by atoms with Crippen molar-refractivity contribution in [2.75, 3.05) is 11.6 Å². The maximum atomic E-state index is 12.5. The number of hydrogen-bond donors (Lipinski definition) is 1. The predicted octanol–water partition coefficient (Wildman–Crippen LogP) is 1.77. The summed E-state index contributed by atoms with van der Waals surface area (Å²) in [6, 6.07) is 11.9. The number of carbonyl (C=O) groups excluding carboxylic acids is 1. The molecule has 0 aliphatic heterocycles. The fraction of sp³-hybridized carbons (Fsp3) is 0.176. The van der Waals surface area contributed by atoms with E-state index < -0.39 is 9.84 Å². The molecule has 0 unspecified atom stereocenters. The van der Waals surface area contributed by atoms with Gasteiger partial charge in [0.05, 0.1) is 11.4 Å². The Hall–Kier alpha value is -3.07. The summed E-state index contributed by atoms with van der Waals surface area (Å²) in [4.78, 5) is 12.5. The molecule has 9 heteroatoms. The van der Waals surface area contributed by atoms with Crippen LogP contribution in [0.3, 0.4) is 0 Å². The van der Waals surface area contributed by atoms with Gasteiger partial charge in [0, 0.05) is 17.5 Å². The summed E-state index contributed by atoms with van der Waals surface area (Å²) in [6.45, 7) is 1.89. The Morgan fingerprint density at radius 2 is 2.00 bits per heavy atom. The second kappa shape index (κ2) is 7.04. The van der Waals surface area contributed by atoms with Gasteiger partial charge in [0.15, 0.2) is 9.84 Å². The van der Waals surface area contributed by atoms with Crippen LogP contribution in [0.5, 0.6) is 0 Å². The van der Waals surface area contributed by atoms with E-state index in [1.807, 2.05) is 13.0 Å². The lowest BCUT2D eigenvalue weighted by Crippen LogP contribution is -2.13. The minimum atomic E-state index is -3.16. The third-order valence-corrected chi connectivity index (χ3v) is 4.53. The molecule has 0 spiro atoms. The number of hydrogen-bond acceptors (Lipinski definition) is 6. The van der Waals surface area contributed by atoms with Crippen LogP contribution in [0.4, 0.5) is 5.69 Å². The third-order valence-electron chi connectivity index (χ3n) is 3.67. The molecule has 8 nitrogen and oxygen atoms in total. The molecule has 2 aromatic carbocycles. The summed E-state index contributed by atoms with van der Waals surface area (Å²) in [5, 5.41) is 13.9. The Kier molecular flexibility index (Phi) is 4.81. The lowest BCUT2D eigenvalue weighted by molar-refractivity contribution is 0.102. The topological polar surface area (TPSA) is 107 Å². The normalized spacial score (nSPS) is 11.3. The first-order valence-electron chi connectivity index (χ1n) is 7.74. The molecule has 3 rings (SSSR count). The van der Waals surface area contributed by atoms with Gasteiger partial charge in [-0.3, -0.25) is 4.79 Å². The van der Waals surface area contributed by atoms with Crippen molar-refractivity contribution in [3.8, 4) is 5.69 Å². The van der Waals surface area contributed by atoms with Crippen LogP contribution in [0.2, 0.25) is 0 Å². The van der Waals surface area contributed by atoms with Gasteiger partial charge in [0.2, 0.25) is 0 Å². The Labute approximate surface area is 150 Å². The summed E-state index contributed by atoms with van der Waals surface area (Å²) < 4.78 is 24.4. The summed E-state index contributed by atoms with van der Waals surface area (Å²) in [5.41, 5.74) is 3.29. The largest absolute Gasteiger partial charge is 0.322 e. The van der Waals surface area contributed by atoms with Crippen LogP contribution in [0, 0.1) is 6.92 Å². The van der Waals surface area contributed by atoms with Crippen LogP contribution in [0.25, 0.3) is 5.69 Å². The van der Waals surface area contributed by atoms with Crippen molar-refractivity contribution < 1.29 is 13.2 Å². The number of rotatable bonds is 5. The predicted molar refractivity (Wildman–Crippen MR) is 96.8 cm³/mol. The van der Waals surface area contributed by atoms with Crippen molar-refractivity contribution in [2.24, 2.45) is 0 Å². The number of tetrazole rings is 1. The zero-order valence-corrected chi connectivity index (χ0v) is 15.1. The van der Waals surface area contributed by atoms with Gasteiger partial charge in [-0.25, -0.2) is 13.1 Å². The van der Waals surface area contributed by atoms with E-state index in [0.717, 1.165) is 17.5 Å². The number of nitrogens with zero attached hydrogens (tertiary/aromatic N) is 4. The Balaban J connectivity index is 1.78. The van der Waals surface area contributed by atoms with E-state index in [1.54, 1.807) is 36.4 Å². The van der Waals surface area contributed by atoms with Crippen molar-refractivity contribution in [3.05, 3.63) is 65.5 Å². The highest BCUT2D eigenvalue weighted by atomic mass is 32.2. The lowest BCUT2D eigenvalue weighted by Gasteiger charge is -2.10. The summed E-state index contributed by atoms with van der Waals surface area (Å²) in [6.07, 6.45) is 2.66. The number of sulfone groups is 1. The quantitative estimate of drug-likeness (QED) is 0.732. The average molecular weight is 371 g/mol. The first kappa shape index (κ1) is 17.7. The van der Waals surface area contributed by atoms with E-state index >= 15 is 0 Å². The van der Waals surface area contributed by atoms with Crippen LogP contribution in [0.1, 0.15) is 21.5 Å². The van der Waals surface area contributed by atoms with E-state index in [-0.39, 0.29) is 11.7 Å². The van der Waals surface area contributed by atoms with Gasteiger partial charge in [-0.05, 0) is 58.8 Å². The lowest BCUT2D eigenvalue weighted by atomic mass is 10.1. The van der Waals surface area contributed by atoms with Crippen molar-refractivity contribution in [1.82, 2.24) is 20.2 Å². The highest BCUT2D eigenvalue weighted by Crippen LogP contribution is 2.19. The zero-order chi connectivity index (χ0) is 18.7. The summed E-state index contributed by atoms with van der Waals surface area (Å²) in [7, 11) is -3.16. The Bertz CT molecular complexity index is 1050. The van der Waals surface area contributed by atoms with Gasteiger partial charge < -0.3 is 5.32 Å². The van der Waals surface area contributed by atoms with E-state index in [1.165, 1.54) is 11.0 Å². The number of carbonyl (C=O) groups is 1. The molecule has 0 radical (unpaired) electrons. The SMILES string of the molecule is Cc1cc(NC(=O)c2cccc(CS(C)(=O)=O)c2)ccc1-n1cnnn1. The monoisotopic (exact) mass is 371 g/mol. The number of anilines is 1. The molecular weight excluding hydrogens is 354 g/mol. The number of amides is 1. The number of aryl methyl sites for hydroxylation is 1. The molecule has 0 saturated carbocycles. The van der Waals surface area contributed by atoms with Gasteiger partial charge in [-0.15, -0.1) is 5.10 Å². The highest BCUT2D eigenvalue weighted by molar-refractivity contribution is 7.89. The molecule has 1 amide bonds. The Morgan fingerprint density at radius 3 is 2.65 bits per heavy atom. The fourth-order valence-electron chi connectivity index (χ4n) is 2.57. The van der Waals surface area contributed by atoms with Gasteiger partial charge in [-0.1, -0.05) is 12.1 Å². The highest BCUT2D eigenvalue weighted by Gasteiger charge is 2.11. The molecule has 3 aromatic rings. The first-order chi connectivity index (χ1) is 12.3. The van der Waals surface area contributed by atoms with Crippen LogP contribution >= 0.6 is 0 Å². The molecule has 0 fully saturated rings. The number of benzene rings is 2. The van der Waals surface area contributed by atoms with E-state index in [4.69, 9.17) is 0 Å². The molecule has 1 heterocycles. The van der Waals surface area contributed by atoms with Crippen molar-refractivity contribution >= 4 is 21.4 Å². The van der Waals surface area contributed by atoms with E-state index in [2.05, 4.69) is 20.8 Å². The van der Waals surface area contributed by atoms with Gasteiger partial charge in [0.1, 0.15) is 6.33 Å². The molecule has 0 bridgehead atoms. The van der Waals surface area contributed by atoms with E-state index in [9.17, 15) is 13.2 Å². The maximum Gasteiger partial charge on any atom is 0.255 e. The number of aromatic nitrogens is 4. The minimum Gasteiger partial charge on any atom is -0.322 e. The molecule has 0 atom stereocenters. The molecule has 0 aliphatic rings. The molecule has 0 saturated heterocycles. The average Bonchev–Trinajstić information content (AvgIpc) is 3.08. The van der Waals surface area contributed by atoms with E-state index in [0.29, 0.717) is 16.8 Å². The Morgan fingerprint density at radius 1 is 1.19 bits per heavy atom. The van der Waals surface area contributed by atoms with Crippen LogP contribution < -0.4 is 5.32 Å². The van der Waals surface area contributed by atoms with Crippen molar-refractivity contribution in [2.45, 2.75) is 12.7 Å². The zero-order valence-electron chi connectivity index (χ0n) is 14.2. The van der Waals surface area contributed by atoms with Crippen LogP contribution in [-0.2, 0) is 15.6 Å². The molecule has 134 valence electrons. The molecule has 0 aliphatic carbocycles. The fourth-order valence-corrected chi connectivity index (χ4v) is 3.36. The molecular formula is C17H17N5O3S. The first-order valence-corrected chi connectivity index (χ1v) is 9.80. The standard InChI is InChI=1S/C17H17N5O3S/c1-12-8-15(6-7-16(12)22-11-18-20-21-22)19-17(23)14-5-3-4-13(9-14)10-26(2,24)25/h3-9,11H,10H2,1-2H3,(H,19,23). The second-order valence-electron chi connectivity index (χ2n) is 5.98. The van der Waals surface area contributed by atoms with Gasteiger partial charge in [0.25, 0.3) is 5.91 Å². The maximum absolute atomic E-state index is 12.5. The number of nitrogens with one attached hydrogen (secondary N) is 1. The third kappa shape index (κ3) is 4.31. The second-order valence-corrected chi connectivity index (χ2v) is 8.12. The minimum absolute atomic E-state index is 0.103. The van der Waals surface area contributed by atoms with Gasteiger partial charge in [-0.2, -0.15) is 0 Å². The van der Waals surface area contributed by atoms with Crippen LogP contribution in [0.15, 0.2) is 48.8 Å².